The number of methoxy groups -OCH3 is 1. The number of ether oxygens (including phenoxy) is 3. The molecule has 2 aliphatic rings. The van der Waals surface area contributed by atoms with Crippen LogP contribution in [-0.4, -0.2) is 74.9 Å². The zero-order valence-corrected chi connectivity index (χ0v) is 15.4. The SMILES string of the molecule is COc1cccc(CN2CC3(C[C@@H](OCC(=O)N(C)C)CCO3)C2)c1. The van der Waals surface area contributed by atoms with Crippen molar-refractivity contribution in [2.75, 3.05) is 47.5 Å². The maximum atomic E-state index is 11.7. The average molecular weight is 348 g/mol. The van der Waals surface area contributed by atoms with Crippen LogP contribution >= 0.6 is 0 Å². The van der Waals surface area contributed by atoms with Gasteiger partial charge in [-0.05, 0) is 24.1 Å². The van der Waals surface area contributed by atoms with Gasteiger partial charge in [-0.2, -0.15) is 0 Å². The molecule has 2 aliphatic heterocycles. The fraction of sp³-hybridized carbons (Fsp3) is 0.632. The zero-order valence-electron chi connectivity index (χ0n) is 15.4. The molecule has 6 nitrogen and oxygen atoms in total. The van der Waals surface area contributed by atoms with E-state index in [4.69, 9.17) is 14.2 Å². The molecule has 3 rings (SSSR count). The Balaban J connectivity index is 1.47. The number of benzene rings is 1. The molecule has 6 heteroatoms. The molecule has 1 atom stereocenters. The van der Waals surface area contributed by atoms with Crippen LogP contribution in [0.25, 0.3) is 0 Å². The Hall–Kier alpha value is -1.63. The summed E-state index contributed by atoms with van der Waals surface area (Å²) < 4.78 is 17.2. The minimum absolute atomic E-state index is 0.00815. The Morgan fingerprint density at radius 3 is 2.92 bits per heavy atom. The second-order valence-corrected chi connectivity index (χ2v) is 7.24. The minimum Gasteiger partial charge on any atom is -0.497 e. The van der Waals surface area contributed by atoms with E-state index in [1.54, 1.807) is 26.1 Å². The number of nitrogens with zero attached hydrogens (tertiary/aromatic N) is 2. The van der Waals surface area contributed by atoms with Gasteiger partial charge in [-0.15, -0.1) is 0 Å². The summed E-state index contributed by atoms with van der Waals surface area (Å²) in [4.78, 5) is 15.6. The fourth-order valence-electron chi connectivity index (χ4n) is 3.57. The van der Waals surface area contributed by atoms with Gasteiger partial charge in [-0.1, -0.05) is 12.1 Å². The first-order valence-corrected chi connectivity index (χ1v) is 8.81. The molecule has 0 aliphatic carbocycles. The van der Waals surface area contributed by atoms with Crippen molar-refractivity contribution in [2.45, 2.75) is 31.1 Å². The van der Waals surface area contributed by atoms with E-state index in [2.05, 4.69) is 17.0 Å². The van der Waals surface area contributed by atoms with Crippen molar-refractivity contribution in [1.82, 2.24) is 9.80 Å². The van der Waals surface area contributed by atoms with Gasteiger partial charge >= 0.3 is 0 Å². The molecule has 0 bridgehead atoms. The van der Waals surface area contributed by atoms with Crippen molar-refractivity contribution in [2.24, 2.45) is 0 Å². The van der Waals surface area contributed by atoms with E-state index in [1.807, 2.05) is 12.1 Å². The molecule has 1 aromatic carbocycles. The van der Waals surface area contributed by atoms with Crippen LogP contribution in [0.1, 0.15) is 18.4 Å². The standard InChI is InChI=1S/C19H28N2O4/c1-20(2)18(22)12-24-17-7-8-25-19(10-17)13-21(14-19)11-15-5-4-6-16(9-15)23-3/h4-6,9,17H,7-8,10-14H2,1-3H3/t17-/m0/s1. The Kier molecular flexibility index (Phi) is 5.61. The Morgan fingerprint density at radius 1 is 1.40 bits per heavy atom. The molecule has 0 unspecified atom stereocenters. The van der Waals surface area contributed by atoms with Gasteiger partial charge in [0.2, 0.25) is 5.91 Å². The van der Waals surface area contributed by atoms with E-state index in [0.717, 1.165) is 38.2 Å². The number of amides is 1. The fourth-order valence-corrected chi connectivity index (χ4v) is 3.57. The summed E-state index contributed by atoms with van der Waals surface area (Å²) in [5.74, 6) is 0.898. The Labute approximate surface area is 149 Å². The zero-order chi connectivity index (χ0) is 17.9. The molecule has 0 aromatic heterocycles. The number of carbonyl (C=O) groups is 1. The molecule has 1 aromatic rings. The van der Waals surface area contributed by atoms with Gasteiger partial charge in [-0.25, -0.2) is 0 Å². The van der Waals surface area contributed by atoms with Crippen LogP contribution in [0.2, 0.25) is 0 Å². The van der Waals surface area contributed by atoms with E-state index in [-0.39, 0.29) is 24.2 Å². The topological polar surface area (TPSA) is 51.2 Å². The van der Waals surface area contributed by atoms with Gasteiger partial charge in [0.15, 0.2) is 0 Å². The van der Waals surface area contributed by atoms with Crippen molar-refractivity contribution >= 4 is 5.91 Å². The van der Waals surface area contributed by atoms with Gasteiger partial charge < -0.3 is 19.1 Å². The third-order valence-electron chi connectivity index (χ3n) is 4.95. The smallest absolute Gasteiger partial charge is 0.248 e. The molecule has 1 amide bonds. The Morgan fingerprint density at radius 2 is 2.20 bits per heavy atom. The summed E-state index contributed by atoms with van der Waals surface area (Å²) in [7, 11) is 5.19. The largest absolute Gasteiger partial charge is 0.497 e. The number of likely N-dealkylation sites (N-methyl/N-ethyl adjacent to an activating group) is 1. The summed E-state index contributed by atoms with van der Waals surface area (Å²) in [6.07, 6.45) is 1.83. The molecule has 0 radical (unpaired) electrons. The number of likely N-dealkylation sites (tertiary alicyclic amines) is 1. The maximum absolute atomic E-state index is 11.7. The van der Waals surface area contributed by atoms with Crippen LogP contribution in [0.3, 0.4) is 0 Å². The lowest BCUT2D eigenvalue weighted by Gasteiger charge is -2.53. The summed E-state index contributed by atoms with van der Waals surface area (Å²) in [5.41, 5.74) is 1.14. The van der Waals surface area contributed by atoms with Crippen molar-refractivity contribution < 1.29 is 19.0 Å². The van der Waals surface area contributed by atoms with E-state index in [0.29, 0.717) is 6.61 Å². The van der Waals surface area contributed by atoms with Crippen molar-refractivity contribution in [3.63, 3.8) is 0 Å². The third kappa shape index (κ3) is 4.51. The lowest BCUT2D eigenvalue weighted by Crippen LogP contribution is -2.65. The summed E-state index contributed by atoms with van der Waals surface area (Å²) >= 11 is 0. The lowest BCUT2D eigenvalue weighted by atomic mass is 9.84. The first-order valence-electron chi connectivity index (χ1n) is 8.81. The second-order valence-electron chi connectivity index (χ2n) is 7.24. The van der Waals surface area contributed by atoms with Crippen LogP contribution in [0.4, 0.5) is 0 Å². The molecular weight excluding hydrogens is 320 g/mol. The average Bonchev–Trinajstić information content (AvgIpc) is 2.58. The number of rotatable bonds is 6. The molecule has 1 spiro atoms. The van der Waals surface area contributed by atoms with Crippen LogP contribution in [0.15, 0.2) is 24.3 Å². The van der Waals surface area contributed by atoms with Gasteiger partial charge in [0, 0.05) is 46.8 Å². The van der Waals surface area contributed by atoms with E-state index >= 15 is 0 Å². The summed E-state index contributed by atoms with van der Waals surface area (Å²) in [5, 5.41) is 0. The maximum Gasteiger partial charge on any atom is 0.248 e. The molecule has 2 heterocycles. The molecule has 25 heavy (non-hydrogen) atoms. The van der Waals surface area contributed by atoms with Gasteiger partial charge in [0.25, 0.3) is 0 Å². The predicted molar refractivity (Wildman–Crippen MR) is 94.6 cm³/mol. The van der Waals surface area contributed by atoms with Crippen molar-refractivity contribution in [1.29, 1.82) is 0 Å². The molecule has 138 valence electrons. The van der Waals surface area contributed by atoms with Crippen LogP contribution < -0.4 is 4.74 Å². The second kappa shape index (κ2) is 7.72. The van der Waals surface area contributed by atoms with E-state index < -0.39 is 0 Å². The monoisotopic (exact) mass is 348 g/mol. The van der Waals surface area contributed by atoms with Gasteiger partial charge in [-0.3, -0.25) is 9.69 Å². The Bertz CT molecular complexity index is 599. The molecule has 2 saturated heterocycles. The van der Waals surface area contributed by atoms with E-state index in [1.165, 1.54) is 5.56 Å². The van der Waals surface area contributed by atoms with Crippen molar-refractivity contribution in [3.8, 4) is 5.75 Å². The number of carbonyl (C=O) groups excluding carboxylic acids is 1. The number of hydrogen-bond donors (Lipinski definition) is 0. The van der Waals surface area contributed by atoms with E-state index in [9.17, 15) is 4.79 Å². The quantitative estimate of drug-likeness (QED) is 0.780. The summed E-state index contributed by atoms with van der Waals surface area (Å²) in [6, 6.07) is 8.17. The number of hydrogen-bond acceptors (Lipinski definition) is 5. The molecule has 0 N–H and O–H groups in total. The molecule has 0 saturated carbocycles. The third-order valence-corrected chi connectivity index (χ3v) is 4.95. The molecule has 2 fully saturated rings. The first-order chi connectivity index (χ1) is 12.0. The van der Waals surface area contributed by atoms with Crippen LogP contribution in [-0.2, 0) is 20.8 Å². The highest BCUT2D eigenvalue weighted by Crippen LogP contribution is 2.36. The highest BCUT2D eigenvalue weighted by Gasteiger charge is 2.47. The predicted octanol–water partition coefficient (Wildman–Crippen LogP) is 1.53. The first kappa shape index (κ1) is 18.2. The normalized spacial score (nSPS) is 22.4. The van der Waals surface area contributed by atoms with Gasteiger partial charge in [0.05, 0.1) is 18.8 Å². The van der Waals surface area contributed by atoms with Gasteiger partial charge in [0.1, 0.15) is 12.4 Å². The highest BCUT2D eigenvalue weighted by atomic mass is 16.5. The van der Waals surface area contributed by atoms with Crippen LogP contribution in [0, 0.1) is 0 Å². The van der Waals surface area contributed by atoms with Crippen LogP contribution in [0.5, 0.6) is 5.75 Å². The lowest BCUT2D eigenvalue weighted by molar-refractivity contribution is -0.200. The highest BCUT2D eigenvalue weighted by molar-refractivity contribution is 5.76. The minimum atomic E-state index is -0.108. The van der Waals surface area contributed by atoms with Crippen molar-refractivity contribution in [3.05, 3.63) is 29.8 Å². The summed E-state index contributed by atoms with van der Waals surface area (Å²) in [6.45, 7) is 3.57. The molecular formula is C19H28N2O4.